The molecule has 0 saturated heterocycles. The highest BCUT2D eigenvalue weighted by molar-refractivity contribution is 6.32. The fourth-order valence-electron chi connectivity index (χ4n) is 1.76. The summed E-state index contributed by atoms with van der Waals surface area (Å²) in [5.74, 6) is 0.500. The van der Waals surface area contributed by atoms with E-state index in [1.54, 1.807) is 24.3 Å². The zero-order chi connectivity index (χ0) is 16.1. The molecule has 0 aromatic heterocycles. The van der Waals surface area contributed by atoms with Crippen LogP contribution in [0.1, 0.15) is 0 Å². The maximum Gasteiger partial charge on any atom is 0.323 e. The van der Waals surface area contributed by atoms with Crippen LogP contribution in [0.15, 0.2) is 42.5 Å². The van der Waals surface area contributed by atoms with Crippen molar-refractivity contribution in [2.75, 3.05) is 17.7 Å². The van der Waals surface area contributed by atoms with Gasteiger partial charge >= 0.3 is 6.03 Å². The first-order chi connectivity index (χ1) is 10.5. The van der Waals surface area contributed by atoms with Crippen molar-refractivity contribution >= 4 is 34.7 Å². The third-order valence-corrected chi connectivity index (χ3v) is 3.08. The number of nitro groups is 1. The summed E-state index contributed by atoms with van der Waals surface area (Å²) in [5, 5.41) is 15.9. The van der Waals surface area contributed by atoms with Crippen LogP contribution in [0.5, 0.6) is 5.75 Å². The minimum Gasteiger partial charge on any atom is -0.495 e. The number of halogens is 1. The molecule has 0 aliphatic rings. The minimum atomic E-state index is -0.619. The molecule has 0 aliphatic carbocycles. The maximum atomic E-state index is 11.9. The van der Waals surface area contributed by atoms with E-state index in [0.29, 0.717) is 11.4 Å². The lowest BCUT2D eigenvalue weighted by Crippen LogP contribution is -2.19. The number of nitrogens with one attached hydrogen (secondary N) is 2. The number of hydrogen-bond donors (Lipinski definition) is 2. The number of para-hydroxylation sites is 2. The van der Waals surface area contributed by atoms with E-state index in [1.165, 1.54) is 25.3 Å². The summed E-state index contributed by atoms with van der Waals surface area (Å²) in [7, 11) is 1.49. The van der Waals surface area contributed by atoms with Crippen LogP contribution in [0.25, 0.3) is 0 Å². The number of nitro benzene ring substituents is 1. The van der Waals surface area contributed by atoms with Crippen molar-refractivity contribution < 1.29 is 14.5 Å². The predicted octanol–water partition coefficient (Wildman–Crippen LogP) is 3.90. The Balaban J connectivity index is 2.12. The number of anilines is 2. The van der Waals surface area contributed by atoms with Crippen molar-refractivity contribution in [3.63, 3.8) is 0 Å². The average molecular weight is 322 g/mol. The van der Waals surface area contributed by atoms with Gasteiger partial charge in [0.25, 0.3) is 5.69 Å². The SMILES string of the molecule is COc1ccccc1NC(=O)Nc1ccc(Cl)c([N+](=O)[O-])c1. The topological polar surface area (TPSA) is 93.5 Å². The highest BCUT2D eigenvalue weighted by Crippen LogP contribution is 2.28. The summed E-state index contributed by atoms with van der Waals surface area (Å²) in [6, 6.07) is 10.3. The number of carbonyl (C=O) groups is 1. The van der Waals surface area contributed by atoms with Crippen LogP contribution in [0.3, 0.4) is 0 Å². The van der Waals surface area contributed by atoms with E-state index in [-0.39, 0.29) is 16.4 Å². The summed E-state index contributed by atoms with van der Waals surface area (Å²) >= 11 is 5.71. The van der Waals surface area contributed by atoms with Crippen molar-refractivity contribution in [3.05, 3.63) is 57.6 Å². The molecular formula is C14H12ClN3O4. The lowest BCUT2D eigenvalue weighted by atomic mass is 10.3. The van der Waals surface area contributed by atoms with E-state index < -0.39 is 11.0 Å². The molecule has 7 nitrogen and oxygen atoms in total. The van der Waals surface area contributed by atoms with Gasteiger partial charge in [0.1, 0.15) is 10.8 Å². The number of rotatable bonds is 4. The van der Waals surface area contributed by atoms with Gasteiger partial charge in [0, 0.05) is 11.8 Å². The molecule has 0 unspecified atom stereocenters. The quantitative estimate of drug-likeness (QED) is 0.659. The maximum absolute atomic E-state index is 11.9. The van der Waals surface area contributed by atoms with Gasteiger partial charge in [0.05, 0.1) is 17.7 Å². The number of ether oxygens (including phenoxy) is 1. The second-order valence-corrected chi connectivity index (χ2v) is 4.61. The summed E-state index contributed by atoms with van der Waals surface area (Å²) in [5.41, 5.74) is 0.450. The zero-order valence-corrected chi connectivity index (χ0v) is 12.3. The fourth-order valence-corrected chi connectivity index (χ4v) is 1.95. The number of amides is 2. The van der Waals surface area contributed by atoms with Gasteiger partial charge in [-0.2, -0.15) is 0 Å². The van der Waals surface area contributed by atoms with Crippen molar-refractivity contribution in [1.29, 1.82) is 0 Å². The van der Waals surface area contributed by atoms with E-state index >= 15 is 0 Å². The second kappa shape index (κ2) is 6.77. The normalized spacial score (nSPS) is 9.91. The van der Waals surface area contributed by atoms with Gasteiger partial charge in [-0.05, 0) is 24.3 Å². The number of methoxy groups -OCH3 is 1. The largest absolute Gasteiger partial charge is 0.495 e. The zero-order valence-electron chi connectivity index (χ0n) is 11.5. The Bertz CT molecular complexity index is 721. The van der Waals surface area contributed by atoms with E-state index in [1.807, 2.05) is 0 Å². The minimum absolute atomic E-state index is 0.000636. The monoisotopic (exact) mass is 321 g/mol. The lowest BCUT2D eigenvalue weighted by Gasteiger charge is -2.11. The van der Waals surface area contributed by atoms with Crippen LogP contribution in [0.2, 0.25) is 5.02 Å². The van der Waals surface area contributed by atoms with Gasteiger partial charge in [0.2, 0.25) is 0 Å². The summed E-state index contributed by atoms with van der Waals surface area (Å²) in [6.45, 7) is 0. The molecule has 0 spiro atoms. The molecular weight excluding hydrogens is 310 g/mol. The number of benzene rings is 2. The molecule has 0 heterocycles. The highest BCUT2D eigenvalue weighted by atomic mass is 35.5. The van der Waals surface area contributed by atoms with E-state index in [4.69, 9.17) is 16.3 Å². The molecule has 2 N–H and O–H groups in total. The van der Waals surface area contributed by atoms with E-state index in [9.17, 15) is 14.9 Å². The molecule has 2 amide bonds. The Morgan fingerprint density at radius 2 is 1.95 bits per heavy atom. The molecule has 0 radical (unpaired) electrons. The van der Waals surface area contributed by atoms with Gasteiger partial charge in [0.15, 0.2) is 0 Å². The Kier molecular flexibility index (Phi) is 4.80. The van der Waals surface area contributed by atoms with Gasteiger partial charge in [-0.3, -0.25) is 10.1 Å². The second-order valence-electron chi connectivity index (χ2n) is 4.20. The van der Waals surface area contributed by atoms with Crippen molar-refractivity contribution in [3.8, 4) is 5.75 Å². The number of urea groups is 1. The van der Waals surface area contributed by atoms with Crippen LogP contribution in [0.4, 0.5) is 21.9 Å². The first-order valence-electron chi connectivity index (χ1n) is 6.16. The third-order valence-electron chi connectivity index (χ3n) is 2.76. The molecule has 2 aromatic carbocycles. The Hall–Kier alpha value is -2.80. The van der Waals surface area contributed by atoms with Crippen LogP contribution in [-0.4, -0.2) is 18.1 Å². The lowest BCUT2D eigenvalue weighted by molar-refractivity contribution is -0.384. The standard InChI is InChI=1S/C14H12ClN3O4/c1-22-13-5-3-2-4-11(13)17-14(19)16-9-6-7-10(15)12(8-9)18(20)21/h2-8H,1H3,(H2,16,17,19). The Morgan fingerprint density at radius 3 is 2.64 bits per heavy atom. The molecule has 0 bridgehead atoms. The van der Waals surface area contributed by atoms with Crippen molar-refractivity contribution in [1.82, 2.24) is 0 Å². The molecule has 0 saturated carbocycles. The molecule has 0 atom stereocenters. The van der Waals surface area contributed by atoms with Crippen LogP contribution < -0.4 is 15.4 Å². The summed E-state index contributed by atoms with van der Waals surface area (Å²) in [4.78, 5) is 22.1. The summed E-state index contributed by atoms with van der Waals surface area (Å²) < 4.78 is 5.11. The molecule has 114 valence electrons. The molecule has 2 aromatic rings. The van der Waals surface area contributed by atoms with Crippen LogP contribution >= 0.6 is 11.6 Å². The molecule has 0 aliphatic heterocycles. The number of nitrogens with zero attached hydrogens (tertiary/aromatic N) is 1. The fraction of sp³-hybridized carbons (Fsp3) is 0.0714. The van der Waals surface area contributed by atoms with Gasteiger partial charge < -0.3 is 15.4 Å². The Labute approximate surface area is 131 Å². The van der Waals surface area contributed by atoms with Crippen LogP contribution in [0, 0.1) is 10.1 Å². The summed E-state index contributed by atoms with van der Waals surface area (Å²) in [6.07, 6.45) is 0. The van der Waals surface area contributed by atoms with Gasteiger partial charge in [-0.15, -0.1) is 0 Å². The molecule has 8 heteroatoms. The molecule has 22 heavy (non-hydrogen) atoms. The molecule has 0 fully saturated rings. The first kappa shape index (κ1) is 15.6. The van der Waals surface area contributed by atoms with Gasteiger partial charge in [-0.1, -0.05) is 23.7 Å². The highest BCUT2D eigenvalue weighted by Gasteiger charge is 2.14. The third kappa shape index (κ3) is 3.64. The smallest absolute Gasteiger partial charge is 0.323 e. The predicted molar refractivity (Wildman–Crippen MR) is 83.7 cm³/mol. The van der Waals surface area contributed by atoms with Crippen molar-refractivity contribution in [2.24, 2.45) is 0 Å². The number of hydrogen-bond acceptors (Lipinski definition) is 4. The van der Waals surface area contributed by atoms with E-state index in [2.05, 4.69) is 10.6 Å². The Morgan fingerprint density at radius 1 is 1.23 bits per heavy atom. The van der Waals surface area contributed by atoms with Crippen LogP contribution in [-0.2, 0) is 0 Å². The average Bonchev–Trinajstić information content (AvgIpc) is 2.49. The number of carbonyl (C=O) groups excluding carboxylic acids is 1. The van der Waals surface area contributed by atoms with Gasteiger partial charge in [-0.25, -0.2) is 4.79 Å². The first-order valence-corrected chi connectivity index (χ1v) is 6.54. The van der Waals surface area contributed by atoms with E-state index in [0.717, 1.165) is 0 Å². The van der Waals surface area contributed by atoms with Crippen molar-refractivity contribution in [2.45, 2.75) is 0 Å². The molecule has 2 rings (SSSR count).